The summed E-state index contributed by atoms with van der Waals surface area (Å²) in [4.78, 5) is 26.3. The molecule has 3 unspecified atom stereocenters. The first kappa shape index (κ1) is 64.6. The molecule has 0 aromatic heterocycles. The van der Waals surface area contributed by atoms with Crippen molar-refractivity contribution in [2.24, 2.45) is 0 Å². The van der Waals surface area contributed by atoms with Crippen LogP contribution in [0.25, 0.3) is 0 Å². The van der Waals surface area contributed by atoms with E-state index in [9.17, 15) is 19.8 Å². The van der Waals surface area contributed by atoms with Crippen molar-refractivity contribution in [3.05, 3.63) is 12.2 Å². The molecule has 6 nitrogen and oxygen atoms in total. The standard InChI is InChI=1S/C60H117NO5/c1-4-7-10-13-16-19-22-25-28-30-32-34-37-40-43-46-49-52-58(63)57(55-62)61-59(64)54-56(51-48-45-42-39-36-33-31-29-26-23-20-17-14-11-8-5-2)66-60(65)53-50-47-44-41-38-35-27-24-21-18-15-12-9-6-3/h33,36,56-58,62-63H,4-32,34-35,37-55H2,1-3H3,(H,61,64)/b36-33+. The molecule has 0 aliphatic rings. The van der Waals surface area contributed by atoms with Gasteiger partial charge in [0, 0.05) is 6.42 Å². The van der Waals surface area contributed by atoms with Crippen LogP contribution < -0.4 is 5.32 Å². The van der Waals surface area contributed by atoms with Crippen molar-refractivity contribution in [1.82, 2.24) is 5.32 Å². The molecule has 0 rings (SSSR count). The number of ether oxygens (including phenoxy) is 1. The summed E-state index contributed by atoms with van der Waals surface area (Å²) in [5, 5.41) is 23.9. The number of allylic oxidation sites excluding steroid dienone is 2. The second-order valence-electron chi connectivity index (χ2n) is 20.8. The number of hydrogen-bond acceptors (Lipinski definition) is 5. The third kappa shape index (κ3) is 49.0. The van der Waals surface area contributed by atoms with Crippen molar-refractivity contribution in [3.8, 4) is 0 Å². The predicted molar refractivity (Wildman–Crippen MR) is 287 cm³/mol. The van der Waals surface area contributed by atoms with Crippen molar-refractivity contribution < 1.29 is 24.5 Å². The van der Waals surface area contributed by atoms with Gasteiger partial charge in [0.05, 0.1) is 25.2 Å². The van der Waals surface area contributed by atoms with Crippen LogP contribution in [0.3, 0.4) is 0 Å². The molecule has 0 saturated heterocycles. The molecule has 3 atom stereocenters. The van der Waals surface area contributed by atoms with Gasteiger partial charge in [-0.15, -0.1) is 0 Å². The van der Waals surface area contributed by atoms with Crippen LogP contribution in [0.2, 0.25) is 0 Å². The van der Waals surface area contributed by atoms with Crippen LogP contribution >= 0.6 is 0 Å². The van der Waals surface area contributed by atoms with E-state index in [-0.39, 0.29) is 24.9 Å². The van der Waals surface area contributed by atoms with Gasteiger partial charge in [-0.1, -0.05) is 283 Å². The third-order valence-electron chi connectivity index (χ3n) is 14.1. The zero-order valence-corrected chi connectivity index (χ0v) is 44.9. The lowest BCUT2D eigenvalue weighted by molar-refractivity contribution is -0.151. The van der Waals surface area contributed by atoms with Gasteiger partial charge in [0.2, 0.25) is 5.91 Å². The molecule has 66 heavy (non-hydrogen) atoms. The van der Waals surface area contributed by atoms with Crippen LogP contribution in [0, 0.1) is 0 Å². The molecule has 0 saturated carbocycles. The summed E-state index contributed by atoms with van der Waals surface area (Å²) in [7, 11) is 0. The van der Waals surface area contributed by atoms with Crippen molar-refractivity contribution in [1.29, 1.82) is 0 Å². The molecule has 0 fully saturated rings. The Labute approximate surface area is 412 Å². The molecule has 0 heterocycles. The second-order valence-corrected chi connectivity index (χ2v) is 20.8. The van der Waals surface area contributed by atoms with Gasteiger partial charge in [0.1, 0.15) is 6.10 Å². The van der Waals surface area contributed by atoms with Crippen molar-refractivity contribution in [3.63, 3.8) is 0 Å². The van der Waals surface area contributed by atoms with Gasteiger partial charge in [-0.05, 0) is 51.4 Å². The van der Waals surface area contributed by atoms with Crippen LogP contribution in [0.5, 0.6) is 0 Å². The van der Waals surface area contributed by atoms with Crippen LogP contribution in [0.1, 0.15) is 335 Å². The van der Waals surface area contributed by atoms with Crippen LogP contribution in [-0.4, -0.2) is 46.9 Å². The van der Waals surface area contributed by atoms with E-state index in [4.69, 9.17) is 4.74 Å². The number of aliphatic hydroxyl groups is 2. The summed E-state index contributed by atoms with van der Waals surface area (Å²) in [5.74, 6) is -0.465. The number of esters is 1. The Bertz CT molecular complexity index is 1000. The molecule has 0 aromatic carbocycles. The fraction of sp³-hybridized carbons (Fsp3) is 0.933. The van der Waals surface area contributed by atoms with Gasteiger partial charge in [-0.2, -0.15) is 0 Å². The van der Waals surface area contributed by atoms with Gasteiger partial charge in [-0.25, -0.2) is 0 Å². The molecule has 6 heteroatoms. The molecule has 0 aromatic rings. The molecule has 3 N–H and O–H groups in total. The maximum absolute atomic E-state index is 13.3. The lowest BCUT2D eigenvalue weighted by Gasteiger charge is -2.24. The average molecular weight is 933 g/mol. The molecule has 0 bridgehead atoms. The van der Waals surface area contributed by atoms with Gasteiger partial charge in [0.15, 0.2) is 0 Å². The summed E-state index contributed by atoms with van der Waals surface area (Å²) >= 11 is 0. The van der Waals surface area contributed by atoms with Crippen LogP contribution in [0.15, 0.2) is 12.2 Å². The van der Waals surface area contributed by atoms with E-state index < -0.39 is 18.2 Å². The minimum Gasteiger partial charge on any atom is -0.462 e. The number of hydrogen-bond donors (Lipinski definition) is 3. The van der Waals surface area contributed by atoms with E-state index in [2.05, 4.69) is 38.2 Å². The highest BCUT2D eigenvalue weighted by molar-refractivity contribution is 5.77. The van der Waals surface area contributed by atoms with E-state index in [1.807, 2.05) is 0 Å². The van der Waals surface area contributed by atoms with Gasteiger partial charge in [0.25, 0.3) is 0 Å². The number of nitrogens with one attached hydrogen (secondary N) is 1. The number of carbonyl (C=O) groups excluding carboxylic acids is 2. The number of unbranched alkanes of at least 4 members (excludes halogenated alkanes) is 41. The van der Waals surface area contributed by atoms with Gasteiger partial charge < -0.3 is 20.3 Å². The van der Waals surface area contributed by atoms with E-state index in [0.717, 1.165) is 57.8 Å². The van der Waals surface area contributed by atoms with E-state index in [1.165, 1.54) is 231 Å². The Balaban J connectivity index is 4.50. The first-order chi connectivity index (χ1) is 32.5. The highest BCUT2D eigenvalue weighted by Gasteiger charge is 2.24. The lowest BCUT2D eigenvalue weighted by Crippen LogP contribution is -2.46. The number of aliphatic hydroxyl groups excluding tert-OH is 2. The van der Waals surface area contributed by atoms with Gasteiger partial charge in [-0.3, -0.25) is 9.59 Å². The fourth-order valence-electron chi connectivity index (χ4n) is 9.55. The topological polar surface area (TPSA) is 95.9 Å². The molecule has 0 spiro atoms. The molecule has 392 valence electrons. The molecule has 1 amide bonds. The zero-order valence-electron chi connectivity index (χ0n) is 44.9. The monoisotopic (exact) mass is 932 g/mol. The van der Waals surface area contributed by atoms with Crippen LogP contribution in [0.4, 0.5) is 0 Å². The fourth-order valence-corrected chi connectivity index (χ4v) is 9.55. The Morgan fingerprint density at radius 2 is 0.727 bits per heavy atom. The summed E-state index contributed by atoms with van der Waals surface area (Å²) in [6.45, 7) is 6.53. The summed E-state index contributed by atoms with van der Waals surface area (Å²) in [6.07, 6.45) is 62.8. The third-order valence-corrected chi connectivity index (χ3v) is 14.1. The second kappa shape index (κ2) is 54.5. The molecule has 0 aliphatic carbocycles. The quantitative estimate of drug-likeness (QED) is 0.0321. The highest BCUT2D eigenvalue weighted by Crippen LogP contribution is 2.19. The number of carbonyl (C=O) groups is 2. The Hall–Kier alpha value is -1.40. The summed E-state index contributed by atoms with van der Waals surface area (Å²) in [6, 6.07) is -0.701. The van der Waals surface area contributed by atoms with Crippen molar-refractivity contribution in [2.45, 2.75) is 354 Å². The van der Waals surface area contributed by atoms with E-state index in [0.29, 0.717) is 19.3 Å². The zero-order chi connectivity index (χ0) is 48.1. The Morgan fingerprint density at radius 1 is 0.424 bits per heavy atom. The smallest absolute Gasteiger partial charge is 0.306 e. The maximum Gasteiger partial charge on any atom is 0.306 e. The van der Waals surface area contributed by atoms with Gasteiger partial charge >= 0.3 is 5.97 Å². The van der Waals surface area contributed by atoms with E-state index in [1.54, 1.807) is 0 Å². The highest BCUT2D eigenvalue weighted by atomic mass is 16.5. The van der Waals surface area contributed by atoms with Crippen LogP contribution in [-0.2, 0) is 14.3 Å². The number of amides is 1. The summed E-state index contributed by atoms with van der Waals surface area (Å²) < 4.78 is 5.96. The first-order valence-corrected chi connectivity index (χ1v) is 29.9. The van der Waals surface area contributed by atoms with E-state index >= 15 is 0 Å². The minimum absolute atomic E-state index is 0.0749. The average Bonchev–Trinajstić information content (AvgIpc) is 3.31. The minimum atomic E-state index is -0.787. The van der Waals surface area contributed by atoms with Crippen molar-refractivity contribution >= 4 is 11.9 Å². The molecular weight excluding hydrogens is 815 g/mol. The maximum atomic E-state index is 13.3. The first-order valence-electron chi connectivity index (χ1n) is 29.9. The number of rotatable bonds is 55. The molecular formula is C60H117NO5. The normalized spacial score (nSPS) is 13.1. The Kier molecular flexibility index (Phi) is 53.4. The largest absolute Gasteiger partial charge is 0.462 e. The summed E-state index contributed by atoms with van der Waals surface area (Å²) in [5.41, 5.74) is 0. The van der Waals surface area contributed by atoms with Crippen molar-refractivity contribution in [2.75, 3.05) is 6.61 Å². The SMILES string of the molecule is CCCCCCCCCCC/C=C/CCCCCC(CC(=O)NC(CO)C(O)CCCCCCCCCCCCCCCCCCC)OC(=O)CCCCCCCCCCCCCCCC. The lowest BCUT2D eigenvalue weighted by atomic mass is 10.0. The Morgan fingerprint density at radius 3 is 1.09 bits per heavy atom. The predicted octanol–water partition coefficient (Wildman–Crippen LogP) is 18.5. The molecule has 0 radical (unpaired) electrons. The molecule has 0 aliphatic heterocycles.